The van der Waals surface area contributed by atoms with Gasteiger partial charge in [0.15, 0.2) is 0 Å². The maximum absolute atomic E-state index is 12.5. The molecule has 0 unspecified atom stereocenters. The molecule has 2 aromatic rings. The van der Waals surface area contributed by atoms with Gasteiger partial charge in [-0.3, -0.25) is 19.3 Å². The quantitative estimate of drug-likeness (QED) is 0.691. The lowest BCUT2D eigenvalue weighted by molar-refractivity contribution is -0.122. The molecule has 0 radical (unpaired) electrons. The zero-order valence-electron chi connectivity index (χ0n) is 14.8. The lowest BCUT2D eigenvalue weighted by Crippen LogP contribution is -2.37. The van der Waals surface area contributed by atoms with Crippen molar-refractivity contribution in [2.75, 3.05) is 13.1 Å². The SMILES string of the molecule is N#Cc1cccc(C(=O)NCCN2C(=O)S/C(=C\c3cccc(Cl)c3Cl)C2=O)c1. The highest BCUT2D eigenvalue weighted by molar-refractivity contribution is 8.18. The summed E-state index contributed by atoms with van der Waals surface area (Å²) in [6, 6.07) is 13.2. The van der Waals surface area contributed by atoms with Crippen LogP contribution in [0, 0.1) is 11.3 Å². The molecule has 0 atom stereocenters. The van der Waals surface area contributed by atoms with Crippen LogP contribution in [0.1, 0.15) is 21.5 Å². The number of benzene rings is 2. The van der Waals surface area contributed by atoms with Crippen molar-refractivity contribution in [3.05, 3.63) is 74.1 Å². The smallest absolute Gasteiger partial charge is 0.293 e. The summed E-state index contributed by atoms with van der Waals surface area (Å²) in [4.78, 5) is 38.2. The molecule has 1 saturated heterocycles. The number of nitrogens with zero attached hydrogens (tertiary/aromatic N) is 2. The van der Waals surface area contributed by atoms with Crippen LogP contribution in [-0.4, -0.2) is 35.0 Å². The minimum absolute atomic E-state index is 0.0228. The molecule has 146 valence electrons. The summed E-state index contributed by atoms with van der Waals surface area (Å²) in [7, 11) is 0. The fourth-order valence-corrected chi connectivity index (χ4v) is 3.80. The van der Waals surface area contributed by atoms with E-state index in [1.807, 2.05) is 6.07 Å². The first-order chi connectivity index (χ1) is 13.9. The maximum atomic E-state index is 12.5. The van der Waals surface area contributed by atoms with Gasteiger partial charge in [-0.2, -0.15) is 5.26 Å². The van der Waals surface area contributed by atoms with E-state index >= 15 is 0 Å². The number of hydrogen-bond acceptors (Lipinski definition) is 5. The molecule has 3 amide bonds. The van der Waals surface area contributed by atoms with Crippen LogP contribution in [-0.2, 0) is 4.79 Å². The van der Waals surface area contributed by atoms with Crippen LogP contribution in [0.4, 0.5) is 4.79 Å². The number of nitrogens with one attached hydrogen (secondary N) is 1. The minimum atomic E-state index is -0.461. The zero-order valence-corrected chi connectivity index (χ0v) is 17.1. The maximum Gasteiger partial charge on any atom is 0.293 e. The lowest BCUT2D eigenvalue weighted by atomic mass is 10.1. The van der Waals surface area contributed by atoms with E-state index in [-0.39, 0.29) is 18.0 Å². The van der Waals surface area contributed by atoms with E-state index in [4.69, 9.17) is 28.5 Å². The molecule has 6 nitrogen and oxygen atoms in total. The molecule has 2 aromatic carbocycles. The van der Waals surface area contributed by atoms with Crippen molar-refractivity contribution in [1.29, 1.82) is 5.26 Å². The normalized spacial score (nSPS) is 14.9. The Balaban J connectivity index is 1.63. The molecule has 0 aromatic heterocycles. The minimum Gasteiger partial charge on any atom is -0.350 e. The zero-order chi connectivity index (χ0) is 21.0. The number of nitriles is 1. The molecule has 1 aliphatic rings. The van der Waals surface area contributed by atoms with Gasteiger partial charge in [0.25, 0.3) is 17.1 Å². The van der Waals surface area contributed by atoms with Gasteiger partial charge >= 0.3 is 0 Å². The van der Waals surface area contributed by atoms with Crippen molar-refractivity contribution in [2.45, 2.75) is 0 Å². The number of hydrogen-bond donors (Lipinski definition) is 1. The molecule has 0 aliphatic carbocycles. The van der Waals surface area contributed by atoms with Crippen LogP contribution < -0.4 is 5.32 Å². The van der Waals surface area contributed by atoms with Gasteiger partial charge in [0.05, 0.1) is 26.6 Å². The first-order valence-corrected chi connectivity index (χ1v) is 9.95. The van der Waals surface area contributed by atoms with Crippen LogP contribution in [0.3, 0.4) is 0 Å². The Bertz CT molecular complexity index is 1080. The summed E-state index contributed by atoms with van der Waals surface area (Å²) in [5.74, 6) is -0.855. The predicted molar refractivity (Wildman–Crippen MR) is 113 cm³/mol. The van der Waals surface area contributed by atoms with E-state index in [2.05, 4.69) is 5.32 Å². The second-order valence-electron chi connectivity index (χ2n) is 5.92. The van der Waals surface area contributed by atoms with Gasteiger partial charge in [0.2, 0.25) is 0 Å². The van der Waals surface area contributed by atoms with Crippen LogP contribution >= 0.6 is 35.0 Å². The van der Waals surface area contributed by atoms with Gasteiger partial charge in [-0.1, -0.05) is 41.4 Å². The number of halogens is 2. The Morgan fingerprint density at radius 1 is 1.21 bits per heavy atom. The number of carbonyl (C=O) groups excluding carboxylic acids is 3. The first-order valence-electron chi connectivity index (χ1n) is 8.38. The Hall–Kier alpha value is -2.79. The summed E-state index contributed by atoms with van der Waals surface area (Å²) < 4.78 is 0. The van der Waals surface area contributed by atoms with E-state index in [1.54, 1.807) is 36.4 Å². The van der Waals surface area contributed by atoms with E-state index in [0.29, 0.717) is 26.7 Å². The highest BCUT2D eigenvalue weighted by Gasteiger charge is 2.34. The molecular formula is C20H13Cl2N3O3S. The van der Waals surface area contributed by atoms with Crippen molar-refractivity contribution in [1.82, 2.24) is 10.2 Å². The summed E-state index contributed by atoms with van der Waals surface area (Å²) in [5, 5.41) is 11.8. The number of amides is 3. The van der Waals surface area contributed by atoms with Gasteiger partial charge in [-0.15, -0.1) is 0 Å². The van der Waals surface area contributed by atoms with Crippen LogP contribution in [0.25, 0.3) is 6.08 Å². The topological polar surface area (TPSA) is 90.3 Å². The monoisotopic (exact) mass is 445 g/mol. The lowest BCUT2D eigenvalue weighted by Gasteiger charge is -2.13. The Morgan fingerprint density at radius 3 is 2.72 bits per heavy atom. The molecule has 1 heterocycles. The summed E-state index contributed by atoms with van der Waals surface area (Å²) in [5.41, 5.74) is 1.23. The van der Waals surface area contributed by atoms with Gasteiger partial charge in [-0.05, 0) is 47.7 Å². The van der Waals surface area contributed by atoms with E-state index in [1.165, 1.54) is 12.1 Å². The molecule has 29 heavy (non-hydrogen) atoms. The summed E-state index contributed by atoms with van der Waals surface area (Å²) >= 11 is 12.9. The highest BCUT2D eigenvalue weighted by Crippen LogP contribution is 2.34. The fourth-order valence-electron chi connectivity index (χ4n) is 2.58. The first kappa shape index (κ1) is 20.9. The molecule has 3 rings (SSSR count). The van der Waals surface area contributed by atoms with Crippen molar-refractivity contribution >= 4 is 58.1 Å². The van der Waals surface area contributed by atoms with Crippen molar-refractivity contribution in [3.8, 4) is 6.07 Å². The third-order valence-electron chi connectivity index (χ3n) is 4.02. The number of rotatable bonds is 5. The number of thioether (sulfide) groups is 1. The summed E-state index contributed by atoms with van der Waals surface area (Å²) in [6.45, 7) is 0.105. The Morgan fingerprint density at radius 2 is 1.97 bits per heavy atom. The van der Waals surface area contributed by atoms with Gasteiger partial charge in [0.1, 0.15) is 0 Å². The second-order valence-corrected chi connectivity index (χ2v) is 7.70. The standard InChI is InChI=1S/C20H13Cl2N3O3S/c21-15-6-2-4-13(17(15)22)10-16-19(27)25(20(28)29-16)8-7-24-18(26)14-5-1-3-12(9-14)11-23/h1-6,9-10H,7-8H2,(H,24,26)/b16-10-. The van der Waals surface area contributed by atoms with E-state index in [0.717, 1.165) is 16.7 Å². The third-order valence-corrected chi connectivity index (χ3v) is 5.76. The van der Waals surface area contributed by atoms with Gasteiger partial charge in [0, 0.05) is 18.7 Å². The van der Waals surface area contributed by atoms with E-state index < -0.39 is 17.1 Å². The van der Waals surface area contributed by atoms with Crippen LogP contribution in [0.15, 0.2) is 47.4 Å². The fraction of sp³-hybridized carbons (Fsp3) is 0.100. The van der Waals surface area contributed by atoms with Crippen molar-refractivity contribution in [3.63, 3.8) is 0 Å². The van der Waals surface area contributed by atoms with Gasteiger partial charge < -0.3 is 5.32 Å². The molecule has 0 spiro atoms. The van der Waals surface area contributed by atoms with Crippen molar-refractivity contribution < 1.29 is 14.4 Å². The largest absolute Gasteiger partial charge is 0.350 e. The molecule has 0 saturated carbocycles. The molecule has 1 aliphatic heterocycles. The highest BCUT2D eigenvalue weighted by atomic mass is 35.5. The Labute approximate surface area is 181 Å². The van der Waals surface area contributed by atoms with E-state index in [9.17, 15) is 14.4 Å². The molecule has 9 heteroatoms. The second kappa shape index (κ2) is 9.14. The average Bonchev–Trinajstić information content (AvgIpc) is 2.98. The van der Waals surface area contributed by atoms with Crippen molar-refractivity contribution in [2.24, 2.45) is 0 Å². The molecular weight excluding hydrogens is 433 g/mol. The Kier molecular flexibility index (Phi) is 6.60. The average molecular weight is 446 g/mol. The molecule has 1 N–H and O–H groups in total. The van der Waals surface area contributed by atoms with Crippen LogP contribution in [0.5, 0.6) is 0 Å². The van der Waals surface area contributed by atoms with Crippen LogP contribution in [0.2, 0.25) is 10.0 Å². The number of carbonyl (C=O) groups is 3. The summed E-state index contributed by atoms with van der Waals surface area (Å²) in [6.07, 6.45) is 1.52. The number of imide groups is 1. The third kappa shape index (κ3) is 4.80. The molecule has 0 bridgehead atoms. The molecule has 1 fully saturated rings. The van der Waals surface area contributed by atoms with Gasteiger partial charge in [-0.25, -0.2) is 0 Å². The predicted octanol–water partition coefficient (Wildman–Crippen LogP) is 4.33.